The van der Waals surface area contributed by atoms with E-state index in [2.05, 4.69) is 21.1 Å². The van der Waals surface area contributed by atoms with Gasteiger partial charge < -0.3 is 4.57 Å². The summed E-state index contributed by atoms with van der Waals surface area (Å²) in [5.41, 5.74) is 4.29. The lowest BCUT2D eigenvalue weighted by Gasteiger charge is -2.08. The van der Waals surface area contributed by atoms with Gasteiger partial charge >= 0.3 is 0 Å². The molecule has 27 heavy (non-hydrogen) atoms. The number of hydrogen-bond donors (Lipinski definition) is 0. The molecule has 0 unspecified atom stereocenters. The summed E-state index contributed by atoms with van der Waals surface area (Å²) < 4.78 is 3.56. The van der Waals surface area contributed by atoms with Crippen LogP contribution in [0.2, 0.25) is 0 Å². The molecule has 0 saturated carbocycles. The number of aryl methyl sites for hydroxylation is 2. The summed E-state index contributed by atoms with van der Waals surface area (Å²) >= 11 is 0. The van der Waals surface area contributed by atoms with Gasteiger partial charge in [-0.2, -0.15) is 10.4 Å². The lowest BCUT2D eigenvalue weighted by atomic mass is 10.0. The zero-order valence-electron chi connectivity index (χ0n) is 14.7. The number of fused-ring (bicyclic) bond motifs is 1. The van der Waals surface area contributed by atoms with Gasteiger partial charge in [0.25, 0.3) is 0 Å². The van der Waals surface area contributed by atoms with Gasteiger partial charge in [-0.05, 0) is 30.7 Å². The average molecular weight is 356 g/mol. The number of carbonyl (C=O) groups excluding carboxylic acids is 1. The van der Waals surface area contributed by atoms with Crippen molar-refractivity contribution in [2.24, 2.45) is 7.05 Å². The monoisotopic (exact) mass is 356 g/mol. The Hall–Kier alpha value is -3.79. The smallest absolute Gasteiger partial charge is 0.163 e. The largest absolute Gasteiger partial charge is 0.340 e. The zero-order valence-corrected chi connectivity index (χ0v) is 14.7. The predicted molar refractivity (Wildman–Crippen MR) is 99.0 cm³/mol. The van der Waals surface area contributed by atoms with Gasteiger partial charge in [0.2, 0.25) is 0 Å². The highest BCUT2D eigenvalue weighted by molar-refractivity contribution is 5.98. The Bertz CT molecular complexity index is 1160. The number of pyridine rings is 1. The van der Waals surface area contributed by atoms with E-state index in [1.165, 1.54) is 6.33 Å². The van der Waals surface area contributed by atoms with Crippen LogP contribution in [0.25, 0.3) is 16.9 Å². The van der Waals surface area contributed by atoms with Crippen molar-refractivity contribution in [1.82, 2.24) is 24.1 Å². The Labute approximate surface area is 155 Å². The van der Waals surface area contributed by atoms with Gasteiger partial charge in [-0.1, -0.05) is 12.1 Å². The topological polar surface area (TPSA) is 88.9 Å². The van der Waals surface area contributed by atoms with E-state index < -0.39 is 0 Å². The number of Topliss-reactive ketones (excluding diaryl/α,β-unsaturated/α-hetero) is 1. The van der Waals surface area contributed by atoms with Crippen LogP contribution in [0.3, 0.4) is 0 Å². The lowest BCUT2D eigenvalue weighted by molar-refractivity contribution is 0.0982. The molecule has 0 saturated heterocycles. The second-order valence-electron chi connectivity index (χ2n) is 6.30. The van der Waals surface area contributed by atoms with Crippen LogP contribution in [0.1, 0.15) is 28.0 Å². The number of imidazole rings is 1. The molecule has 0 aliphatic rings. The fourth-order valence-electron chi connectivity index (χ4n) is 2.99. The van der Waals surface area contributed by atoms with Gasteiger partial charge in [0.1, 0.15) is 6.33 Å². The van der Waals surface area contributed by atoms with Crippen LogP contribution >= 0.6 is 0 Å². The Morgan fingerprint density at radius 1 is 1.19 bits per heavy atom. The van der Waals surface area contributed by atoms with Crippen LogP contribution in [0.15, 0.2) is 55.2 Å². The Balaban J connectivity index is 1.67. The average Bonchev–Trinajstić information content (AvgIpc) is 3.34. The summed E-state index contributed by atoms with van der Waals surface area (Å²) in [5, 5.41) is 13.2. The second kappa shape index (κ2) is 6.84. The molecule has 0 aliphatic carbocycles. The fraction of sp³-hybridized carbons (Fsp3) is 0.150. The van der Waals surface area contributed by atoms with Crippen molar-refractivity contribution in [3.8, 4) is 17.3 Å². The van der Waals surface area contributed by atoms with E-state index in [9.17, 15) is 4.79 Å². The van der Waals surface area contributed by atoms with E-state index in [1.807, 2.05) is 36.0 Å². The van der Waals surface area contributed by atoms with Crippen molar-refractivity contribution in [1.29, 1.82) is 5.26 Å². The van der Waals surface area contributed by atoms with Crippen molar-refractivity contribution in [2.75, 3.05) is 0 Å². The van der Waals surface area contributed by atoms with Gasteiger partial charge in [-0.15, -0.1) is 0 Å². The van der Waals surface area contributed by atoms with Crippen LogP contribution in [0.4, 0.5) is 0 Å². The standard InChI is InChI=1S/C20H16N6O/c1-25-11-17(23-13-25)6-7-19(27)16-8-18(26-20(9-16)22-12-24-26)15-4-2-14(10-21)3-5-15/h2-5,8-9,11-13H,6-7H2,1H3. The van der Waals surface area contributed by atoms with E-state index in [4.69, 9.17) is 5.26 Å². The van der Waals surface area contributed by atoms with Crippen molar-refractivity contribution in [2.45, 2.75) is 12.8 Å². The first kappa shape index (κ1) is 16.7. The van der Waals surface area contributed by atoms with Crippen molar-refractivity contribution >= 4 is 11.4 Å². The highest BCUT2D eigenvalue weighted by Crippen LogP contribution is 2.23. The maximum atomic E-state index is 12.7. The molecule has 0 aliphatic heterocycles. The van der Waals surface area contributed by atoms with Gasteiger partial charge in [0, 0.05) is 30.8 Å². The molecule has 0 fully saturated rings. The fourth-order valence-corrected chi connectivity index (χ4v) is 2.99. The molecule has 0 amide bonds. The molecular weight excluding hydrogens is 340 g/mol. The molecule has 4 rings (SSSR count). The molecule has 3 aromatic heterocycles. The summed E-state index contributed by atoms with van der Waals surface area (Å²) in [6.07, 6.45) is 6.06. The normalized spacial score (nSPS) is 10.8. The van der Waals surface area contributed by atoms with Crippen LogP contribution < -0.4 is 0 Å². The molecule has 0 spiro atoms. The number of aromatic nitrogens is 5. The first-order valence-electron chi connectivity index (χ1n) is 8.48. The van der Waals surface area contributed by atoms with E-state index in [-0.39, 0.29) is 5.78 Å². The Morgan fingerprint density at radius 3 is 2.70 bits per heavy atom. The number of benzene rings is 1. The SMILES string of the molecule is Cn1cnc(CCC(=O)c2cc(-c3ccc(C#N)cc3)n3ncnc3c2)c1. The summed E-state index contributed by atoms with van der Waals surface area (Å²) in [6.45, 7) is 0. The number of rotatable bonds is 5. The first-order valence-corrected chi connectivity index (χ1v) is 8.48. The predicted octanol–water partition coefficient (Wildman–Crippen LogP) is 2.82. The summed E-state index contributed by atoms with van der Waals surface area (Å²) in [6, 6.07) is 12.9. The highest BCUT2D eigenvalue weighted by atomic mass is 16.1. The van der Waals surface area contributed by atoms with Crippen molar-refractivity contribution in [3.05, 3.63) is 72.1 Å². The third kappa shape index (κ3) is 3.33. The lowest BCUT2D eigenvalue weighted by Crippen LogP contribution is -2.05. The Kier molecular flexibility index (Phi) is 4.22. The van der Waals surface area contributed by atoms with Crippen LogP contribution in [-0.4, -0.2) is 29.9 Å². The van der Waals surface area contributed by atoms with E-state index in [0.717, 1.165) is 17.0 Å². The van der Waals surface area contributed by atoms with Crippen LogP contribution in [0.5, 0.6) is 0 Å². The Morgan fingerprint density at radius 2 is 2.00 bits per heavy atom. The van der Waals surface area contributed by atoms with E-state index >= 15 is 0 Å². The maximum absolute atomic E-state index is 12.7. The molecule has 7 heteroatoms. The van der Waals surface area contributed by atoms with Gasteiger partial charge in [-0.25, -0.2) is 14.5 Å². The molecular formula is C20H16N6O. The molecule has 4 aromatic rings. The zero-order chi connectivity index (χ0) is 18.8. The maximum Gasteiger partial charge on any atom is 0.163 e. The second-order valence-corrected chi connectivity index (χ2v) is 6.30. The number of carbonyl (C=O) groups is 1. The minimum absolute atomic E-state index is 0.0287. The van der Waals surface area contributed by atoms with Gasteiger partial charge in [-0.3, -0.25) is 4.79 Å². The molecule has 3 heterocycles. The van der Waals surface area contributed by atoms with Crippen LogP contribution in [-0.2, 0) is 13.5 Å². The number of hydrogen-bond acceptors (Lipinski definition) is 5. The summed E-state index contributed by atoms with van der Waals surface area (Å²) in [4.78, 5) is 21.2. The first-order chi connectivity index (χ1) is 13.1. The molecule has 0 N–H and O–H groups in total. The van der Waals surface area contributed by atoms with Gasteiger partial charge in [0.05, 0.1) is 29.3 Å². The van der Waals surface area contributed by atoms with Crippen LogP contribution in [0, 0.1) is 11.3 Å². The quantitative estimate of drug-likeness (QED) is 0.513. The number of nitrogens with zero attached hydrogens (tertiary/aromatic N) is 6. The molecule has 0 bridgehead atoms. The number of ketones is 1. The van der Waals surface area contributed by atoms with E-state index in [1.54, 1.807) is 29.0 Å². The minimum Gasteiger partial charge on any atom is -0.340 e. The van der Waals surface area contributed by atoms with Crippen molar-refractivity contribution in [3.63, 3.8) is 0 Å². The highest BCUT2D eigenvalue weighted by Gasteiger charge is 2.14. The minimum atomic E-state index is 0.0287. The molecule has 132 valence electrons. The molecule has 0 radical (unpaired) electrons. The van der Waals surface area contributed by atoms with E-state index in [0.29, 0.717) is 29.6 Å². The summed E-state index contributed by atoms with van der Waals surface area (Å²) in [7, 11) is 1.90. The summed E-state index contributed by atoms with van der Waals surface area (Å²) in [5.74, 6) is 0.0287. The van der Waals surface area contributed by atoms with Gasteiger partial charge in [0.15, 0.2) is 11.4 Å². The molecule has 1 aromatic carbocycles. The number of nitriles is 1. The third-order valence-electron chi connectivity index (χ3n) is 4.38. The molecule has 0 atom stereocenters. The third-order valence-corrected chi connectivity index (χ3v) is 4.38. The van der Waals surface area contributed by atoms with Crippen molar-refractivity contribution < 1.29 is 4.79 Å². The molecule has 7 nitrogen and oxygen atoms in total.